The molecule has 20 heteroatoms. The molecule has 0 heterocycles. The lowest BCUT2D eigenvalue weighted by molar-refractivity contribution is 0.394. The highest BCUT2D eigenvalue weighted by Gasteiger charge is 2.44. The molecular weight excluding hydrogens is 1860 g/mol. The summed E-state index contributed by atoms with van der Waals surface area (Å²) >= 11 is 0. The van der Waals surface area contributed by atoms with E-state index in [0.717, 1.165) is 122 Å². The van der Waals surface area contributed by atoms with Crippen LogP contribution in [0, 0.1) is 27.7 Å². The molecule has 0 saturated carbocycles. The number of phenolic OH excluding ortho intramolecular Hbond substituents is 20. The summed E-state index contributed by atoms with van der Waals surface area (Å²) < 4.78 is 0. The molecule has 736 valence electrons. The van der Waals surface area contributed by atoms with Gasteiger partial charge in [-0.15, -0.1) is 0 Å². The van der Waals surface area contributed by atoms with E-state index in [1.807, 2.05) is 295 Å². The summed E-state index contributed by atoms with van der Waals surface area (Å²) in [6, 6.07) is 130. The van der Waals surface area contributed by atoms with E-state index >= 15 is 0 Å². The van der Waals surface area contributed by atoms with E-state index in [-0.39, 0.29) is 126 Å². The number of fused-ring (bicyclic) bond motifs is 2. The van der Waals surface area contributed by atoms with Gasteiger partial charge in [0.25, 0.3) is 0 Å². The van der Waals surface area contributed by atoms with Gasteiger partial charge in [-0.05, 0) is 217 Å². The van der Waals surface area contributed by atoms with Gasteiger partial charge in [0.1, 0.15) is 23.0 Å². The highest BCUT2D eigenvalue weighted by Crippen LogP contribution is 2.56. The Hall–Kier alpha value is -19.9. The molecule has 0 unspecified atom stereocenters. The third-order valence-electron chi connectivity index (χ3n) is 26.4. The van der Waals surface area contributed by atoms with Crippen molar-refractivity contribution in [1.29, 1.82) is 0 Å². The number of benzene rings is 21. The first-order valence-electron chi connectivity index (χ1n) is 47.1. The van der Waals surface area contributed by atoms with Gasteiger partial charge < -0.3 is 102 Å². The molecule has 0 spiro atoms. The minimum Gasteiger partial charge on any atom is -0.508 e. The average Bonchev–Trinajstić information content (AvgIpc) is 0.714. The van der Waals surface area contributed by atoms with Crippen molar-refractivity contribution in [2.24, 2.45) is 0 Å². The van der Waals surface area contributed by atoms with Gasteiger partial charge in [0.05, 0.1) is 10.8 Å². The Kier molecular flexibility index (Phi) is 30.1. The largest absolute Gasteiger partial charge is 0.508 e. The average molecular weight is 1960 g/mol. The number of hydrogen-bond donors (Lipinski definition) is 20. The number of rotatable bonds is 15. The number of aromatic hydroxyl groups is 20. The minimum absolute atomic E-state index is 0.132. The van der Waals surface area contributed by atoms with E-state index in [2.05, 4.69) is 0 Å². The SMILES string of the molecule is Cc1c(O)cccc1-c1cccc(-c2cccc(O)c2O)c1.Cc1c(O)cccc1-c1ccccc1-c1cccc(O)c1O.Cc1ccc(C(c2ccccc2)(c2ccccc2)c2ccc(O)c(O)c2)cc1O.Cc1cccc(C(c2ccccc2)(c2ccccc2)c2cccc(O)c2O)c1O.Oc1cccc(-c2c3ccccc3c(-c3cccc(O)c3O)c3ccccc23)c1O.Oc1cccc(-c2cccc(O)c2O)c1O. The fourth-order valence-electron chi connectivity index (χ4n) is 18.9. The van der Waals surface area contributed by atoms with Crippen LogP contribution in [0.1, 0.15) is 66.8 Å². The topological polar surface area (TPSA) is 405 Å². The van der Waals surface area contributed by atoms with E-state index in [9.17, 15) is 102 Å². The van der Waals surface area contributed by atoms with Crippen LogP contribution in [0.3, 0.4) is 0 Å². The molecule has 0 amide bonds. The summed E-state index contributed by atoms with van der Waals surface area (Å²) in [5, 5.41) is 205. The monoisotopic (exact) mass is 1960 g/mol. The molecule has 21 rings (SSSR count). The molecule has 0 atom stereocenters. The molecule has 0 aromatic heterocycles. The fourth-order valence-corrected chi connectivity index (χ4v) is 18.9. The van der Waals surface area contributed by atoms with Crippen LogP contribution in [0.5, 0.6) is 115 Å². The standard InChI is InChI=1S/C26H18O4.2C26H22O3.2C19H16O3.C12H10O4/c27-21-13-5-11-19(25(21)29)23-15-7-1-2-8-16(15)24(18-10-4-3-9-17(18)23)20-12-6-14-22(28)26(20)30;1-18-10-8-15-21(24(18)28)26(19-11-4-2-5-12-19,20-13-6-3-7-14-20)22-16-9-17-23(27)25(22)29;1-18-12-13-21(16-24(18)28)26(19-8-4-2-5-9-19,20-10-6-3-7-11-20)22-14-15-23(27)25(29)17-22;1-12-15(7-3-9-17(12)20)13-5-2-6-14(11-13)16-8-4-10-18(21)19(16)22;1-12-13(8-4-10-17(12)20)14-6-2-3-7-15(14)16-9-5-11-18(21)19(16)22;13-9-5-1-3-7(11(9)15)8-4-2-6-10(14)12(8)16/h1-14,27-30H;2*2-17,27-29H,1H3;2*2-11,20-22H,1H3;1-6,13-16H. The quantitative estimate of drug-likeness (QED) is 0.0257. The van der Waals surface area contributed by atoms with E-state index < -0.39 is 10.8 Å². The maximum Gasteiger partial charge on any atom is 0.165 e. The molecule has 0 aliphatic heterocycles. The second-order valence-electron chi connectivity index (χ2n) is 35.2. The molecule has 21 aromatic carbocycles. The Bertz CT molecular complexity index is 7860. The minimum atomic E-state index is -1.03. The summed E-state index contributed by atoms with van der Waals surface area (Å²) in [5.74, 6) is -2.44. The van der Waals surface area contributed by atoms with E-state index in [1.165, 1.54) is 72.8 Å². The Balaban J connectivity index is 0.000000128. The van der Waals surface area contributed by atoms with Crippen LogP contribution in [0.4, 0.5) is 0 Å². The molecule has 0 bridgehead atoms. The van der Waals surface area contributed by atoms with Crippen molar-refractivity contribution in [2.45, 2.75) is 38.5 Å². The van der Waals surface area contributed by atoms with Gasteiger partial charge in [-0.1, -0.05) is 358 Å². The first-order valence-corrected chi connectivity index (χ1v) is 47.1. The van der Waals surface area contributed by atoms with Gasteiger partial charge >= 0.3 is 0 Å². The van der Waals surface area contributed by atoms with Crippen molar-refractivity contribution in [3.8, 4) is 193 Å². The van der Waals surface area contributed by atoms with Crippen LogP contribution < -0.4 is 0 Å². The predicted octanol–water partition coefficient (Wildman–Crippen LogP) is 28.2. The van der Waals surface area contributed by atoms with Crippen LogP contribution in [0.2, 0.25) is 0 Å². The lowest BCUT2D eigenvalue weighted by atomic mass is 9.64. The second-order valence-corrected chi connectivity index (χ2v) is 35.2. The lowest BCUT2D eigenvalue weighted by Crippen LogP contribution is -2.31. The molecule has 0 saturated heterocycles. The fraction of sp³-hybridized carbons (Fsp3) is 0.0469. The van der Waals surface area contributed by atoms with E-state index in [1.54, 1.807) is 97.1 Å². The molecule has 21 aromatic rings. The Morgan fingerprint density at radius 1 is 0.142 bits per heavy atom. The summed E-state index contributed by atoms with van der Waals surface area (Å²) in [4.78, 5) is 0. The first kappa shape index (κ1) is 101. The van der Waals surface area contributed by atoms with Crippen LogP contribution in [0.25, 0.3) is 99.4 Å². The number of aryl methyl sites for hydroxylation is 2. The highest BCUT2D eigenvalue weighted by molar-refractivity contribution is 6.22. The normalized spacial score (nSPS) is 11.0. The Morgan fingerprint density at radius 3 is 0.818 bits per heavy atom. The number of para-hydroxylation sites is 8. The first-order chi connectivity index (χ1) is 71.4. The van der Waals surface area contributed by atoms with Crippen molar-refractivity contribution in [3.05, 3.63) is 504 Å². The lowest BCUT2D eigenvalue weighted by Gasteiger charge is -2.37. The zero-order chi connectivity index (χ0) is 105. The Labute approximate surface area is 853 Å². The van der Waals surface area contributed by atoms with Crippen LogP contribution in [-0.2, 0) is 10.8 Å². The van der Waals surface area contributed by atoms with Crippen molar-refractivity contribution in [3.63, 3.8) is 0 Å². The van der Waals surface area contributed by atoms with Gasteiger partial charge in [-0.3, -0.25) is 0 Å². The predicted molar refractivity (Wildman–Crippen MR) is 581 cm³/mol. The summed E-state index contributed by atoms with van der Waals surface area (Å²) in [6.45, 7) is 7.42. The van der Waals surface area contributed by atoms with Gasteiger partial charge in [-0.2, -0.15) is 0 Å². The molecule has 0 radical (unpaired) electrons. The van der Waals surface area contributed by atoms with E-state index in [0.29, 0.717) is 33.4 Å². The van der Waals surface area contributed by atoms with Gasteiger partial charge in [0.15, 0.2) is 92.0 Å². The number of phenols is 20. The zero-order valence-electron chi connectivity index (χ0n) is 80.5. The molecule has 148 heavy (non-hydrogen) atoms. The summed E-state index contributed by atoms with van der Waals surface area (Å²) in [5.41, 5.74) is 17.3. The van der Waals surface area contributed by atoms with Crippen molar-refractivity contribution in [2.75, 3.05) is 0 Å². The molecule has 20 N–H and O–H groups in total. The van der Waals surface area contributed by atoms with Crippen LogP contribution in [-0.4, -0.2) is 102 Å². The van der Waals surface area contributed by atoms with Gasteiger partial charge in [0, 0.05) is 55.6 Å². The van der Waals surface area contributed by atoms with Gasteiger partial charge in [-0.25, -0.2) is 0 Å². The van der Waals surface area contributed by atoms with Crippen LogP contribution >= 0.6 is 0 Å². The molecule has 0 fully saturated rings. The molecule has 0 aliphatic rings. The van der Waals surface area contributed by atoms with Crippen LogP contribution in [0.15, 0.2) is 437 Å². The second kappa shape index (κ2) is 44.1. The van der Waals surface area contributed by atoms with Crippen molar-refractivity contribution < 1.29 is 102 Å². The van der Waals surface area contributed by atoms with Crippen molar-refractivity contribution >= 4 is 21.5 Å². The maximum atomic E-state index is 11.1. The summed E-state index contributed by atoms with van der Waals surface area (Å²) in [6.07, 6.45) is 0. The molecule has 0 aliphatic carbocycles. The Morgan fingerprint density at radius 2 is 0.412 bits per heavy atom. The third kappa shape index (κ3) is 20.1. The highest BCUT2D eigenvalue weighted by atomic mass is 16.3. The van der Waals surface area contributed by atoms with Crippen molar-refractivity contribution in [1.82, 2.24) is 0 Å². The zero-order valence-corrected chi connectivity index (χ0v) is 80.5. The summed E-state index contributed by atoms with van der Waals surface area (Å²) in [7, 11) is 0. The maximum absolute atomic E-state index is 11.1. The number of hydrogen-bond acceptors (Lipinski definition) is 20. The molecule has 20 nitrogen and oxygen atoms in total. The van der Waals surface area contributed by atoms with Gasteiger partial charge in [0.2, 0.25) is 0 Å². The van der Waals surface area contributed by atoms with E-state index in [4.69, 9.17) is 0 Å². The third-order valence-corrected chi connectivity index (χ3v) is 26.4. The smallest absolute Gasteiger partial charge is 0.165 e. The molecular formula is C128H104O20.